The van der Waals surface area contributed by atoms with Crippen LogP contribution in [0.1, 0.15) is 5.56 Å². The number of hydrogen-bond acceptors (Lipinski definition) is 3. The molecule has 0 heterocycles. The van der Waals surface area contributed by atoms with Gasteiger partial charge in [0, 0.05) is 5.56 Å². The quantitative estimate of drug-likeness (QED) is 0.374. The van der Waals surface area contributed by atoms with Gasteiger partial charge in [0.15, 0.2) is 0 Å². The van der Waals surface area contributed by atoms with Crippen LogP contribution in [0.15, 0.2) is 35.3 Å². The molecule has 1 aromatic rings. The van der Waals surface area contributed by atoms with E-state index in [0.29, 0.717) is 0 Å². The number of aliphatic imine (C=N–C) groups is 1. The first kappa shape index (κ1) is 8.82. The largest absolute Gasteiger partial charge is 0.206 e. The van der Waals surface area contributed by atoms with E-state index >= 15 is 0 Å². The molecule has 0 saturated heterocycles. The first-order chi connectivity index (χ1) is 5.88. The average molecular weight is 176 g/mol. The van der Waals surface area contributed by atoms with E-state index in [0.717, 1.165) is 10.6 Å². The molecule has 0 radical (unpaired) electrons. The van der Waals surface area contributed by atoms with Crippen molar-refractivity contribution >= 4 is 16.8 Å². The first-order valence-corrected chi connectivity index (χ1v) is 4.67. The van der Waals surface area contributed by atoms with Gasteiger partial charge in [-0.05, 0) is 6.26 Å². The molecule has 12 heavy (non-hydrogen) atoms. The molecule has 1 rings (SSSR count). The first-order valence-electron chi connectivity index (χ1n) is 3.44. The third-order valence-corrected chi connectivity index (χ3v) is 2.08. The second kappa shape index (κ2) is 4.58. The molecule has 0 fully saturated rings. The maximum Gasteiger partial charge on any atom is 0.206 e. The monoisotopic (exact) mass is 176 g/mol. The SMILES string of the molecule is CSC(=NC#N)c1ccccc1. The van der Waals surface area contributed by atoms with E-state index in [9.17, 15) is 0 Å². The Bertz CT molecular complexity index is 311. The predicted octanol–water partition coefficient (Wildman–Crippen LogP) is 2.28. The number of nitriles is 1. The van der Waals surface area contributed by atoms with Gasteiger partial charge in [0.1, 0.15) is 5.04 Å². The second-order valence-electron chi connectivity index (χ2n) is 2.09. The lowest BCUT2D eigenvalue weighted by Crippen LogP contribution is -1.92. The van der Waals surface area contributed by atoms with Crippen LogP contribution in [-0.4, -0.2) is 11.3 Å². The molecule has 1 aromatic carbocycles. The molecular formula is C9H8N2S. The summed E-state index contributed by atoms with van der Waals surface area (Å²) in [6, 6.07) is 9.67. The van der Waals surface area contributed by atoms with Crippen LogP contribution in [0, 0.1) is 11.5 Å². The van der Waals surface area contributed by atoms with Gasteiger partial charge in [-0.3, -0.25) is 0 Å². The van der Waals surface area contributed by atoms with Crippen molar-refractivity contribution in [3.63, 3.8) is 0 Å². The van der Waals surface area contributed by atoms with Gasteiger partial charge in [0.25, 0.3) is 0 Å². The van der Waals surface area contributed by atoms with Crippen LogP contribution in [0.2, 0.25) is 0 Å². The lowest BCUT2D eigenvalue weighted by molar-refractivity contribution is 1.44. The molecule has 0 aliphatic heterocycles. The van der Waals surface area contributed by atoms with Gasteiger partial charge in [0.2, 0.25) is 6.19 Å². The van der Waals surface area contributed by atoms with Crippen molar-refractivity contribution in [2.45, 2.75) is 0 Å². The summed E-state index contributed by atoms with van der Waals surface area (Å²) in [7, 11) is 0. The van der Waals surface area contributed by atoms with Gasteiger partial charge in [-0.25, -0.2) is 0 Å². The number of thioether (sulfide) groups is 1. The smallest absolute Gasteiger partial charge is 0.170 e. The van der Waals surface area contributed by atoms with Gasteiger partial charge in [-0.15, -0.1) is 11.8 Å². The van der Waals surface area contributed by atoms with Crippen LogP contribution in [0.25, 0.3) is 0 Å². The summed E-state index contributed by atoms with van der Waals surface area (Å²) in [5.41, 5.74) is 0.992. The normalized spacial score (nSPS) is 10.8. The molecule has 0 amide bonds. The summed E-state index contributed by atoms with van der Waals surface area (Å²) in [6.07, 6.45) is 3.69. The van der Waals surface area contributed by atoms with Gasteiger partial charge in [0.05, 0.1) is 0 Å². The van der Waals surface area contributed by atoms with E-state index in [1.54, 1.807) is 6.19 Å². The Morgan fingerprint density at radius 3 is 2.58 bits per heavy atom. The van der Waals surface area contributed by atoms with E-state index in [4.69, 9.17) is 5.26 Å². The van der Waals surface area contributed by atoms with Crippen LogP contribution in [0.5, 0.6) is 0 Å². The van der Waals surface area contributed by atoms with Crippen LogP contribution in [0.3, 0.4) is 0 Å². The van der Waals surface area contributed by atoms with Gasteiger partial charge in [-0.2, -0.15) is 10.3 Å². The zero-order valence-corrected chi connectivity index (χ0v) is 7.51. The van der Waals surface area contributed by atoms with E-state index in [1.165, 1.54) is 11.8 Å². The van der Waals surface area contributed by atoms with Gasteiger partial charge >= 0.3 is 0 Å². The summed E-state index contributed by atoms with van der Waals surface area (Å²) < 4.78 is 0. The Kier molecular flexibility index (Phi) is 3.36. The molecule has 0 atom stereocenters. The highest BCUT2D eigenvalue weighted by Gasteiger charge is 1.98. The standard InChI is InChI=1S/C9H8N2S/c1-12-9(11-7-10)8-5-3-2-4-6-8/h2-6H,1H3. The Morgan fingerprint density at radius 1 is 1.42 bits per heavy atom. The number of nitrogens with zero attached hydrogens (tertiary/aromatic N) is 2. The summed E-state index contributed by atoms with van der Waals surface area (Å²) >= 11 is 1.48. The summed E-state index contributed by atoms with van der Waals surface area (Å²) in [5, 5.41) is 9.14. The van der Waals surface area contributed by atoms with Crippen LogP contribution in [-0.2, 0) is 0 Å². The highest BCUT2D eigenvalue weighted by atomic mass is 32.2. The average Bonchev–Trinajstić information content (AvgIpc) is 2.15. The van der Waals surface area contributed by atoms with Crippen LogP contribution < -0.4 is 0 Å². The van der Waals surface area contributed by atoms with Crippen molar-refractivity contribution < 1.29 is 0 Å². The third-order valence-electron chi connectivity index (χ3n) is 1.37. The zero-order chi connectivity index (χ0) is 8.81. The topological polar surface area (TPSA) is 36.1 Å². The van der Waals surface area contributed by atoms with Crippen molar-refractivity contribution in [3.05, 3.63) is 35.9 Å². The summed E-state index contributed by atoms with van der Waals surface area (Å²) in [6.45, 7) is 0. The Hall–Kier alpha value is -1.27. The minimum absolute atomic E-state index is 0.762. The molecule has 0 bridgehead atoms. The summed E-state index contributed by atoms with van der Waals surface area (Å²) in [4.78, 5) is 3.70. The predicted molar refractivity (Wildman–Crippen MR) is 52.1 cm³/mol. The number of hydrogen-bond donors (Lipinski definition) is 0. The van der Waals surface area contributed by atoms with Crippen molar-refractivity contribution in [1.82, 2.24) is 0 Å². The molecule has 3 heteroatoms. The van der Waals surface area contributed by atoms with E-state index < -0.39 is 0 Å². The minimum atomic E-state index is 0.762. The second-order valence-corrected chi connectivity index (χ2v) is 2.88. The molecule has 0 unspecified atom stereocenters. The molecule has 2 nitrogen and oxygen atoms in total. The highest BCUT2D eigenvalue weighted by Crippen LogP contribution is 2.09. The highest BCUT2D eigenvalue weighted by molar-refractivity contribution is 8.13. The molecule has 0 aliphatic rings. The molecular weight excluding hydrogens is 168 g/mol. The van der Waals surface area contributed by atoms with E-state index in [-0.39, 0.29) is 0 Å². The van der Waals surface area contributed by atoms with Crippen molar-refractivity contribution in [1.29, 1.82) is 5.26 Å². The number of benzene rings is 1. The van der Waals surface area contributed by atoms with E-state index in [2.05, 4.69) is 4.99 Å². The molecule has 0 aromatic heterocycles. The van der Waals surface area contributed by atoms with Crippen molar-refractivity contribution in [2.24, 2.45) is 4.99 Å². The Balaban J connectivity index is 2.98. The van der Waals surface area contributed by atoms with Crippen LogP contribution in [0.4, 0.5) is 0 Å². The molecule has 0 N–H and O–H groups in total. The third kappa shape index (κ3) is 2.11. The maximum absolute atomic E-state index is 8.38. The molecule has 60 valence electrons. The Morgan fingerprint density at radius 2 is 2.08 bits per heavy atom. The molecule has 0 saturated carbocycles. The van der Waals surface area contributed by atoms with Crippen molar-refractivity contribution in [3.8, 4) is 6.19 Å². The molecule has 0 aliphatic carbocycles. The summed E-state index contributed by atoms with van der Waals surface area (Å²) in [5.74, 6) is 0. The fraction of sp³-hybridized carbons (Fsp3) is 0.111. The maximum atomic E-state index is 8.38. The van der Waals surface area contributed by atoms with Gasteiger partial charge < -0.3 is 0 Å². The van der Waals surface area contributed by atoms with E-state index in [1.807, 2.05) is 36.6 Å². The van der Waals surface area contributed by atoms with Crippen molar-refractivity contribution in [2.75, 3.05) is 6.26 Å². The van der Waals surface area contributed by atoms with Gasteiger partial charge in [-0.1, -0.05) is 30.3 Å². The van der Waals surface area contributed by atoms with Crippen LogP contribution >= 0.6 is 11.8 Å². The zero-order valence-electron chi connectivity index (χ0n) is 6.69. The fourth-order valence-corrected chi connectivity index (χ4v) is 1.36. The number of rotatable bonds is 1. The fourth-order valence-electron chi connectivity index (χ4n) is 0.854. The Labute approximate surface area is 75.9 Å². The lowest BCUT2D eigenvalue weighted by Gasteiger charge is -1.98. The minimum Gasteiger partial charge on any atom is -0.170 e. The molecule has 0 spiro atoms. The lowest BCUT2D eigenvalue weighted by atomic mass is 10.2.